The molecule has 2 aromatic rings. The molecule has 0 saturated carbocycles. The van der Waals surface area contributed by atoms with Gasteiger partial charge in [-0.1, -0.05) is 48.6 Å². The summed E-state index contributed by atoms with van der Waals surface area (Å²) in [6, 6.07) is 9.96. The Labute approximate surface area is 139 Å². The number of nitrogens with one attached hydrogen (secondary N) is 1. The minimum absolute atomic E-state index is 0.188. The number of aromatic nitrogens is 2. The number of amides is 2. The summed E-state index contributed by atoms with van der Waals surface area (Å²) in [6.07, 6.45) is 1.12. The minimum atomic E-state index is -0.423. The first-order valence-electron chi connectivity index (χ1n) is 7.79. The van der Waals surface area contributed by atoms with Gasteiger partial charge in [0.2, 0.25) is 5.13 Å². The molecule has 2 N–H and O–H groups in total. The summed E-state index contributed by atoms with van der Waals surface area (Å²) in [5.41, 5.74) is 1.20. The number of benzene rings is 1. The van der Waals surface area contributed by atoms with Gasteiger partial charge in [0.05, 0.1) is 6.10 Å². The largest absolute Gasteiger partial charge is 0.391 e. The maximum atomic E-state index is 12.1. The molecule has 122 valence electrons. The van der Waals surface area contributed by atoms with Crippen molar-refractivity contribution in [3.8, 4) is 0 Å². The zero-order chi connectivity index (χ0) is 16.2. The van der Waals surface area contributed by atoms with Gasteiger partial charge >= 0.3 is 6.03 Å². The van der Waals surface area contributed by atoms with E-state index in [1.54, 1.807) is 4.90 Å². The van der Waals surface area contributed by atoms with Crippen LogP contribution in [0.2, 0.25) is 0 Å². The molecule has 0 bridgehead atoms. The van der Waals surface area contributed by atoms with E-state index in [-0.39, 0.29) is 11.9 Å². The Hall–Kier alpha value is -1.99. The Morgan fingerprint density at radius 3 is 2.87 bits per heavy atom. The van der Waals surface area contributed by atoms with E-state index in [1.165, 1.54) is 16.9 Å². The Morgan fingerprint density at radius 1 is 1.43 bits per heavy atom. The van der Waals surface area contributed by atoms with E-state index in [0.29, 0.717) is 24.6 Å². The van der Waals surface area contributed by atoms with Crippen molar-refractivity contribution in [3.63, 3.8) is 0 Å². The van der Waals surface area contributed by atoms with Crippen LogP contribution in [0, 0.1) is 0 Å². The number of urea groups is 1. The molecule has 1 aromatic heterocycles. The third kappa shape index (κ3) is 3.68. The minimum Gasteiger partial charge on any atom is -0.391 e. The standard InChI is InChI=1S/C16H20N4O2S/c1-2-13(11-6-4-3-5-7-11)14-18-19-15(23-14)17-16(22)20-9-8-12(21)10-20/h3-7,12-13,21H,2,8-10H2,1H3,(H,17,19,22)/t12-,13?/m0/s1. The molecule has 2 amide bonds. The Morgan fingerprint density at radius 2 is 2.22 bits per heavy atom. The van der Waals surface area contributed by atoms with E-state index >= 15 is 0 Å². The number of likely N-dealkylation sites (tertiary alicyclic amines) is 1. The predicted octanol–water partition coefficient (Wildman–Crippen LogP) is 2.68. The van der Waals surface area contributed by atoms with Crippen molar-refractivity contribution in [3.05, 3.63) is 40.9 Å². The molecule has 2 atom stereocenters. The van der Waals surface area contributed by atoms with Crippen molar-refractivity contribution in [1.29, 1.82) is 0 Å². The van der Waals surface area contributed by atoms with Crippen LogP contribution < -0.4 is 5.32 Å². The first kappa shape index (κ1) is 15.9. The summed E-state index contributed by atoms with van der Waals surface area (Å²) in [5, 5.41) is 22.0. The summed E-state index contributed by atoms with van der Waals surface area (Å²) in [6.45, 7) is 3.06. The van der Waals surface area contributed by atoms with Crippen molar-refractivity contribution in [2.24, 2.45) is 0 Å². The molecule has 3 rings (SSSR count). The van der Waals surface area contributed by atoms with Gasteiger partial charge in [-0.2, -0.15) is 0 Å². The lowest BCUT2D eigenvalue weighted by atomic mass is 9.97. The summed E-state index contributed by atoms with van der Waals surface area (Å²) in [5.74, 6) is 0.188. The normalized spacial score (nSPS) is 18.9. The van der Waals surface area contributed by atoms with Crippen LogP contribution in [-0.4, -0.2) is 45.4 Å². The van der Waals surface area contributed by atoms with E-state index in [1.807, 2.05) is 18.2 Å². The lowest BCUT2D eigenvalue weighted by molar-refractivity contribution is 0.176. The van der Waals surface area contributed by atoms with Gasteiger partial charge in [-0.15, -0.1) is 10.2 Å². The molecule has 6 nitrogen and oxygen atoms in total. The lowest BCUT2D eigenvalue weighted by Crippen LogP contribution is -2.33. The van der Waals surface area contributed by atoms with Crippen LogP contribution in [0.5, 0.6) is 0 Å². The second-order valence-electron chi connectivity index (χ2n) is 5.64. The van der Waals surface area contributed by atoms with Gasteiger partial charge in [0, 0.05) is 19.0 Å². The van der Waals surface area contributed by atoms with Crippen LogP contribution in [-0.2, 0) is 0 Å². The van der Waals surface area contributed by atoms with Crippen molar-refractivity contribution < 1.29 is 9.90 Å². The third-order valence-corrected chi connectivity index (χ3v) is 4.97. The molecule has 0 spiro atoms. The Balaban J connectivity index is 1.69. The maximum absolute atomic E-state index is 12.1. The van der Waals surface area contributed by atoms with Crippen LogP contribution >= 0.6 is 11.3 Å². The smallest absolute Gasteiger partial charge is 0.323 e. The van der Waals surface area contributed by atoms with Crippen LogP contribution in [0.4, 0.5) is 9.93 Å². The molecule has 1 fully saturated rings. The number of carbonyl (C=O) groups is 1. The second-order valence-corrected chi connectivity index (χ2v) is 6.64. The fourth-order valence-corrected chi connectivity index (χ4v) is 3.71. The molecule has 1 aliphatic heterocycles. The molecule has 1 saturated heterocycles. The van der Waals surface area contributed by atoms with Gasteiger partial charge in [-0.05, 0) is 18.4 Å². The fourth-order valence-electron chi connectivity index (χ4n) is 2.76. The van der Waals surface area contributed by atoms with E-state index in [4.69, 9.17) is 0 Å². The van der Waals surface area contributed by atoms with Gasteiger partial charge in [0.1, 0.15) is 5.01 Å². The highest BCUT2D eigenvalue weighted by atomic mass is 32.1. The Kier molecular flexibility index (Phi) is 4.88. The molecular formula is C16H20N4O2S. The summed E-state index contributed by atoms with van der Waals surface area (Å²) in [7, 11) is 0. The number of aliphatic hydroxyl groups excluding tert-OH is 1. The van der Waals surface area contributed by atoms with Crippen LogP contribution in [0.25, 0.3) is 0 Å². The summed E-state index contributed by atoms with van der Waals surface area (Å²) in [4.78, 5) is 13.7. The molecule has 2 heterocycles. The van der Waals surface area contributed by atoms with Crippen molar-refractivity contribution in [2.45, 2.75) is 31.8 Å². The van der Waals surface area contributed by atoms with Crippen LogP contribution in [0.3, 0.4) is 0 Å². The topological polar surface area (TPSA) is 78.4 Å². The predicted molar refractivity (Wildman–Crippen MR) is 89.7 cm³/mol. The molecule has 1 unspecified atom stereocenters. The molecule has 0 aliphatic carbocycles. The molecule has 7 heteroatoms. The molecule has 0 radical (unpaired) electrons. The zero-order valence-corrected chi connectivity index (χ0v) is 13.8. The quantitative estimate of drug-likeness (QED) is 0.902. The van der Waals surface area contributed by atoms with Gasteiger partial charge in [0.15, 0.2) is 0 Å². The van der Waals surface area contributed by atoms with E-state index < -0.39 is 6.10 Å². The molecule has 23 heavy (non-hydrogen) atoms. The van der Waals surface area contributed by atoms with E-state index in [0.717, 1.165) is 11.4 Å². The SMILES string of the molecule is CCC(c1ccccc1)c1nnc(NC(=O)N2CC[C@H](O)C2)s1. The van der Waals surface area contributed by atoms with E-state index in [2.05, 4.69) is 34.6 Å². The first-order valence-corrected chi connectivity index (χ1v) is 8.61. The number of carbonyl (C=O) groups excluding carboxylic acids is 1. The van der Waals surface area contributed by atoms with Gasteiger partial charge in [-0.3, -0.25) is 5.32 Å². The number of nitrogens with zero attached hydrogens (tertiary/aromatic N) is 3. The van der Waals surface area contributed by atoms with Crippen LogP contribution in [0.1, 0.15) is 36.3 Å². The van der Waals surface area contributed by atoms with E-state index in [9.17, 15) is 9.90 Å². The van der Waals surface area contributed by atoms with Crippen molar-refractivity contribution >= 4 is 22.5 Å². The average molecular weight is 332 g/mol. The highest BCUT2D eigenvalue weighted by Gasteiger charge is 2.25. The zero-order valence-electron chi connectivity index (χ0n) is 13.0. The highest BCUT2D eigenvalue weighted by Crippen LogP contribution is 2.31. The summed E-state index contributed by atoms with van der Waals surface area (Å²) >= 11 is 1.40. The lowest BCUT2D eigenvalue weighted by Gasteiger charge is -2.14. The van der Waals surface area contributed by atoms with Crippen molar-refractivity contribution in [2.75, 3.05) is 18.4 Å². The number of rotatable bonds is 4. The number of hydrogen-bond donors (Lipinski definition) is 2. The van der Waals surface area contributed by atoms with Gasteiger partial charge in [0.25, 0.3) is 0 Å². The maximum Gasteiger partial charge on any atom is 0.323 e. The Bertz CT molecular complexity index is 661. The van der Waals surface area contributed by atoms with Crippen molar-refractivity contribution in [1.82, 2.24) is 15.1 Å². The molecular weight excluding hydrogens is 312 g/mol. The first-order chi connectivity index (χ1) is 11.2. The number of β-amino-alcohol motifs (C(OH)–C–C–N with tert-alkyl or cyclic N) is 1. The molecule has 1 aromatic carbocycles. The third-order valence-electron chi connectivity index (χ3n) is 4.01. The monoisotopic (exact) mass is 332 g/mol. The number of anilines is 1. The number of aliphatic hydroxyl groups is 1. The second kappa shape index (κ2) is 7.06. The summed E-state index contributed by atoms with van der Waals surface area (Å²) < 4.78 is 0. The highest BCUT2D eigenvalue weighted by molar-refractivity contribution is 7.15. The average Bonchev–Trinajstić information content (AvgIpc) is 3.19. The van der Waals surface area contributed by atoms with Crippen LogP contribution in [0.15, 0.2) is 30.3 Å². The molecule has 1 aliphatic rings. The number of hydrogen-bond acceptors (Lipinski definition) is 5. The fraction of sp³-hybridized carbons (Fsp3) is 0.438. The van der Waals surface area contributed by atoms with Gasteiger partial charge < -0.3 is 10.0 Å². The van der Waals surface area contributed by atoms with Gasteiger partial charge in [-0.25, -0.2) is 4.79 Å².